The Bertz CT molecular complexity index is 255. The first-order chi connectivity index (χ1) is 5.15. The fourth-order valence-corrected chi connectivity index (χ4v) is 1.10. The van der Waals surface area contributed by atoms with Crippen LogP contribution in [0.25, 0.3) is 0 Å². The summed E-state index contributed by atoms with van der Waals surface area (Å²) in [6.07, 6.45) is 0. The number of hydrogen-bond donors (Lipinski definition) is 3. The molecule has 1 aromatic rings. The molecule has 0 bridgehead atoms. The highest BCUT2D eigenvalue weighted by molar-refractivity contribution is 6.35. The zero-order chi connectivity index (χ0) is 8.43. The van der Waals surface area contributed by atoms with Crippen LogP contribution in [-0.2, 0) is 0 Å². The summed E-state index contributed by atoms with van der Waals surface area (Å²) in [6.45, 7) is 0. The molecular formula is C5H5Cl2N3O. The van der Waals surface area contributed by atoms with E-state index in [9.17, 15) is 0 Å². The van der Waals surface area contributed by atoms with Gasteiger partial charge >= 0.3 is 0 Å². The molecule has 0 aromatic carbocycles. The summed E-state index contributed by atoms with van der Waals surface area (Å²) >= 11 is 11.0. The van der Waals surface area contributed by atoms with Crippen LogP contribution in [0.15, 0.2) is 6.07 Å². The zero-order valence-corrected chi connectivity index (χ0v) is 6.82. The topological polar surface area (TPSA) is 71.2 Å². The van der Waals surface area contributed by atoms with Crippen LogP contribution in [0.5, 0.6) is 0 Å². The van der Waals surface area contributed by atoms with Gasteiger partial charge in [0, 0.05) is 6.07 Å². The Labute approximate surface area is 72.9 Å². The molecule has 60 valence electrons. The van der Waals surface area contributed by atoms with Gasteiger partial charge in [-0.2, -0.15) is 0 Å². The second kappa shape index (κ2) is 3.13. The molecule has 1 heterocycles. The van der Waals surface area contributed by atoms with E-state index in [4.69, 9.17) is 34.1 Å². The van der Waals surface area contributed by atoms with Crippen molar-refractivity contribution in [2.45, 2.75) is 0 Å². The van der Waals surface area contributed by atoms with E-state index in [0.29, 0.717) is 0 Å². The van der Waals surface area contributed by atoms with Gasteiger partial charge in [-0.25, -0.2) is 4.98 Å². The molecule has 4 N–H and O–H groups in total. The number of nitrogens with two attached hydrogens (primary N) is 1. The number of rotatable bonds is 1. The molecule has 6 heteroatoms. The maximum atomic E-state index is 8.49. The Balaban J connectivity index is 3.25. The molecule has 0 radical (unpaired) electrons. The molecule has 0 saturated heterocycles. The average molecular weight is 194 g/mol. The minimum absolute atomic E-state index is 0.0394. The molecule has 0 saturated carbocycles. The molecule has 0 amide bonds. The van der Waals surface area contributed by atoms with Crippen molar-refractivity contribution in [3.63, 3.8) is 0 Å². The van der Waals surface area contributed by atoms with E-state index in [2.05, 4.69) is 4.98 Å². The van der Waals surface area contributed by atoms with Crippen molar-refractivity contribution < 1.29 is 5.21 Å². The van der Waals surface area contributed by atoms with E-state index in [1.165, 1.54) is 6.07 Å². The Morgan fingerprint density at radius 2 is 2.18 bits per heavy atom. The average Bonchev–Trinajstić information content (AvgIpc) is 1.85. The molecule has 0 fully saturated rings. The highest BCUT2D eigenvalue weighted by Gasteiger charge is 2.06. The molecule has 0 unspecified atom stereocenters. The van der Waals surface area contributed by atoms with Crippen molar-refractivity contribution in [1.29, 1.82) is 0 Å². The van der Waals surface area contributed by atoms with Crippen LogP contribution in [0.3, 0.4) is 0 Å². The van der Waals surface area contributed by atoms with Gasteiger partial charge in [-0.3, -0.25) is 10.7 Å². The summed E-state index contributed by atoms with van der Waals surface area (Å²) in [5.74, 6) is 0. The van der Waals surface area contributed by atoms with E-state index < -0.39 is 0 Å². The Kier molecular flexibility index (Phi) is 2.38. The monoisotopic (exact) mass is 193 g/mol. The third kappa shape index (κ3) is 1.65. The molecule has 0 spiro atoms. The van der Waals surface area contributed by atoms with Crippen LogP contribution < -0.4 is 11.2 Å². The van der Waals surface area contributed by atoms with Gasteiger partial charge in [0.1, 0.15) is 10.8 Å². The SMILES string of the molecule is Nc1cc(Cl)nc(Cl)c1NO. The van der Waals surface area contributed by atoms with Crippen molar-refractivity contribution in [1.82, 2.24) is 4.98 Å². The fourth-order valence-electron chi connectivity index (χ4n) is 0.612. The van der Waals surface area contributed by atoms with Crippen molar-refractivity contribution >= 4 is 34.6 Å². The normalized spacial score (nSPS) is 9.73. The van der Waals surface area contributed by atoms with Gasteiger partial charge in [-0.05, 0) is 0 Å². The smallest absolute Gasteiger partial charge is 0.158 e. The third-order valence-electron chi connectivity index (χ3n) is 1.09. The van der Waals surface area contributed by atoms with Gasteiger partial charge in [0.2, 0.25) is 0 Å². The number of nitrogens with one attached hydrogen (secondary N) is 1. The lowest BCUT2D eigenvalue weighted by atomic mass is 10.4. The molecule has 11 heavy (non-hydrogen) atoms. The van der Waals surface area contributed by atoms with Gasteiger partial charge in [0.05, 0.1) is 5.69 Å². The number of nitrogen functional groups attached to an aromatic ring is 1. The van der Waals surface area contributed by atoms with E-state index in [1.807, 2.05) is 5.48 Å². The second-order valence-corrected chi connectivity index (χ2v) is 2.56. The summed E-state index contributed by atoms with van der Waals surface area (Å²) in [5, 5.41) is 8.72. The first-order valence-corrected chi connectivity index (χ1v) is 3.42. The largest absolute Gasteiger partial charge is 0.397 e. The van der Waals surface area contributed by atoms with Crippen molar-refractivity contribution in [3.8, 4) is 0 Å². The van der Waals surface area contributed by atoms with Gasteiger partial charge < -0.3 is 5.73 Å². The van der Waals surface area contributed by atoms with Crippen LogP contribution in [0, 0.1) is 0 Å². The highest BCUT2D eigenvalue weighted by Crippen LogP contribution is 2.27. The molecular weight excluding hydrogens is 189 g/mol. The van der Waals surface area contributed by atoms with Crippen LogP contribution >= 0.6 is 23.2 Å². The number of aromatic nitrogens is 1. The van der Waals surface area contributed by atoms with E-state index in [1.54, 1.807) is 0 Å². The Hall–Kier alpha value is -0.710. The molecule has 1 aromatic heterocycles. The van der Waals surface area contributed by atoms with E-state index in [-0.39, 0.29) is 21.7 Å². The molecule has 1 rings (SSSR count). The lowest BCUT2D eigenvalue weighted by molar-refractivity contribution is 0.389. The zero-order valence-electron chi connectivity index (χ0n) is 5.31. The molecule has 0 atom stereocenters. The quantitative estimate of drug-likeness (QED) is 0.470. The summed E-state index contributed by atoms with van der Waals surface area (Å²) in [5.41, 5.74) is 7.62. The fraction of sp³-hybridized carbons (Fsp3) is 0. The Morgan fingerprint density at radius 3 is 2.64 bits per heavy atom. The van der Waals surface area contributed by atoms with Crippen molar-refractivity contribution in [2.75, 3.05) is 11.2 Å². The second-order valence-electron chi connectivity index (χ2n) is 1.81. The number of hydrogen-bond acceptors (Lipinski definition) is 4. The number of halogens is 2. The lowest BCUT2D eigenvalue weighted by Gasteiger charge is -2.04. The summed E-state index contributed by atoms with van der Waals surface area (Å²) in [6, 6.07) is 1.38. The summed E-state index contributed by atoms with van der Waals surface area (Å²) in [7, 11) is 0. The summed E-state index contributed by atoms with van der Waals surface area (Å²) < 4.78 is 0. The van der Waals surface area contributed by atoms with Gasteiger partial charge in [-0.1, -0.05) is 23.2 Å². The van der Waals surface area contributed by atoms with Gasteiger partial charge in [0.15, 0.2) is 5.15 Å². The molecule has 0 aliphatic carbocycles. The predicted molar refractivity (Wildman–Crippen MR) is 44.1 cm³/mol. The van der Waals surface area contributed by atoms with Gasteiger partial charge in [-0.15, -0.1) is 0 Å². The third-order valence-corrected chi connectivity index (χ3v) is 1.55. The first-order valence-electron chi connectivity index (χ1n) is 2.66. The maximum Gasteiger partial charge on any atom is 0.158 e. The van der Waals surface area contributed by atoms with Crippen molar-refractivity contribution in [2.24, 2.45) is 0 Å². The van der Waals surface area contributed by atoms with Crippen LogP contribution in [-0.4, -0.2) is 10.2 Å². The van der Waals surface area contributed by atoms with Crippen LogP contribution in [0.4, 0.5) is 11.4 Å². The van der Waals surface area contributed by atoms with E-state index >= 15 is 0 Å². The number of pyridine rings is 1. The van der Waals surface area contributed by atoms with Crippen LogP contribution in [0.2, 0.25) is 10.3 Å². The highest BCUT2D eigenvalue weighted by atomic mass is 35.5. The van der Waals surface area contributed by atoms with Gasteiger partial charge in [0.25, 0.3) is 0 Å². The Morgan fingerprint density at radius 1 is 1.55 bits per heavy atom. The minimum atomic E-state index is 0.0394. The minimum Gasteiger partial charge on any atom is -0.397 e. The molecule has 4 nitrogen and oxygen atoms in total. The standard InChI is InChI=1S/C5H5Cl2N3O/c6-3-1-2(8)4(10-11)5(7)9-3/h1,10-11H,(H2,8,9). The summed E-state index contributed by atoms with van der Waals surface area (Å²) in [4.78, 5) is 3.63. The van der Waals surface area contributed by atoms with Crippen LogP contribution in [0.1, 0.15) is 0 Å². The van der Waals surface area contributed by atoms with E-state index in [0.717, 1.165) is 0 Å². The first kappa shape index (κ1) is 8.39. The molecule has 0 aliphatic rings. The maximum absolute atomic E-state index is 8.49. The molecule has 0 aliphatic heterocycles. The predicted octanol–water partition coefficient (Wildman–Crippen LogP) is 1.77. The van der Waals surface area contributed by atoms with Crippen molar-refractivity contribution in [3.05, 3.63) is 16.4 Å². The lowest BCUT2D eigenvalue weighted by Crippen LogP contribution is -1.98. The number of nitrogens with zero attached hydrogens (tertiary/aromatic N) is 1. The number of anilines is 2.